The molecule has 1 heterocycles. The van der Waals surface area contributed by atoms with E-state index in [9.17, 15) is 9.59 Å². The Hall–Kier alpha value is -2.40. The lowest BCUT2D eigenvalue weighted by molar-refractivity contribution is -0.589. The van der Waals surface area contributed by atoms with Gasteiger partial charge in [-0.15, -0.1) is 0 Å². The Labute approximate surface area is 128 Å². The van der Waals surface area contributed by atoms with E-state index in [1.165, 1.54) is 17.9 Å². The van der Waals surface area contributed by atoms with E-state index in [1.54, 1.807) is 43.3 Å². The molecule has 6 heteroatoms. The molecule has 0 N–H and O–H groups in total. The van der Waals surface area contributed by atoms with Crippen molar-refractivity contribution in [3.05, 3.63) is 59.9 Å². The number of ether oxygens (including phenoxy) is 2. The summed E-state index contributed by atoms with van der Waals surface area (Å²) in [4.78, 5) is 23.6. The van der Waals surface area contributed by atoms with Gasteiger partial charge in [0.15, 0.2) is 11.9 Å². The Kier molecular flexibility index (Phi) is 5.87. The quantitative estimate of drug-likeness (QED) is 0.534. The van der Waals surface area contributed by atoms with Gasteiger partial charge in [0.25, 0.3) is 0 Å². The third kappa shape index (κ3) is 4.03. The SMILES string of the molecule is COC(=O)c1ccc(C)[n+](C(=O)Oc2ccccc2)c1.[Cl-]. The van der Waals surface area contributed by atoms with Crippen molar-refractivity contribution in [3.8, 4) is 5.75 Å². The minimum atomic E-state index is -0.584. The van der Waals surface area contributed by atoms with E-state index >= 15 is 0 Å². The molecule has 0 fully saturated rings. The number of halogens is 1. The van der Waals surface area contributed by atoms with Crippen LogP contribution in [0.2, 0.25) is 0 Å². The molecule has 110 valence electrons. The van der Waals surface area contributed by atoms with E-state index in [4.69, 9.17) is 4.74 Å². The first-order chi connectivity index (χ1) is 9.61. The third-order valence-corrected chi connectivity index (χ3v) is 2.72. The number of pyridine rings is 1. The summed E-state index contributed by atoms with van der Waals surface area (Å²) in [7, 11) is 1.29. The summed E-state index contributed by atoms with van der Waals surface area (Å²) in [6, 6.07) is 12.0. The standard InChI is InChI=1S/C15H14NO4.ClH/c1-11-8-9-12(14(17)19-2)10-16(11)15(18)20-13-6-4-3-5-7-13;/h3-10H,1-2H3;1H/q+1;/p-1. The van der Waals surface area contributed by atoms with Gasteiger partial charge in [-0.25, -0.2) is 4.79 Å². The summed E-state index contributed by atoms with van der Waals surface area (Å²) < 4.78 is 11.1. The predicted molar refractivity (Wildman–Crippen MR) is 70.6 cm³/mol. The van der Waals surface area contributed by atoms with Gasteiger partial charge in [0.05, 0.1) is 7.11 Å². The van der Waals surface area contributed by atoms with Crippen LogP contribution in [0.15, 0.2) is 48.7 Å². The maximum atomic E-state index is 12.1. The second kappa shape index (κ2) is 7.40. The number of esters is 1. The number of aromatic nitrogens is 1. The van der Waals surface area contributed by atoms with Gasteiger partial charge in [-0.3, -0.25) is 0 Å². The van der Waals surface area contributed by atoms with E-state index in [-0.39, 0.29) is 18.0 Å². The van der Waals surface area contributed by atoms with E-state index in [0.29, 0.717) is 11.4 Å². The monoisotopic (exact) mass is 307 g/mol. The molecular weight excluding hydrogens is 294 g/mol. The number of para-hydroxylation sites is 1. The van der Waals surface area contributed by atoms with Crippen molar-refractivity contribution in [2.75, 3.05) is 7.11 Å². The van der Waals surface area contributed by atoms with Gasteiger partial charge in [-0.2, -0.15) is 4.79 Å². The second-order valence-electron chi connectivity index (χ2n) is 4.10. The van der Waals surface area contributed by atoms with Crippen LogP contribution in [-0.2, 0) is 4.74 Å². The van der Waals surface area contributed by atoms with Crippen LogP contribution in [0, 0.1) is 6.92 Å². The summed E-state index contributed by atoms with van der Waals surface area (Å²) in [6.45, 7) is 1.74. The number of methoxy groups -OCH3 is 1. The number of aryl methyl sites for hydroxylation is 1. The molecule has 1 aromatic carbocycles. The average molecular weight is 308 g/mol. The van der Waals surface area contributed by atoms with Crippen LogP contribution in [0.1, 0.15) is 16.1 Å². The number of benzene rings is 1. The van der Waals surface area contributed by atoms with E-state index in [1.807, 2.05) is 6.07 Å². The highest BCUT2D eigenvalue weighted by molar-refractivity contribution is 5.88. The van der Waals surface area contributed by atoms with Gasteiger partial charge in [0, 0.05) is 13.0 Å². The van der Waals surface area contributed by atoms with Crippen molar-refractivity contribution in [3.63, 3.8) is 0 Å². The molecule has 2 rings (SSSR count). The minimum absolute atomic E-state index is 0. The molecule has 0 unspecified atom stereocenters. The van der Waals surface area contributed by atoms with Gasteiger partial charge >= 0.3 is 12.1 Å². The normalized spacial score (nSPS) is 9.43. The Bertz CT molecular complexity index is 643. The largest absolute Gasteiger partial charge is 1.00 e. The molecule has 0 saturated carbocycles. The fourth-order valence-corrected chi connectivity index (χ4v) is 1.65. The minimum Gasteiger partial charge on any atom is -1.00 e. The molecule has 0 atom stereocenters. The van der Waals surface area contributed by atoms with Gasteiger partial charge in [0.2, 0.25) is 0 Å². The average Bonchev–Trinajstić information content (AvgIpc) is 2.48. The zero-order chi connectivity index (χ0) is 14.5. The molecule has 21 heavy (non-hydrogen) atoms. The van der Waals surface area contributed by atoms with Crippen LogP contribution in [0.25, 0.3) is 0 Å². The summed E-state index contributed by atoms with van der Waals surface area (Å²) in [5.74, 6) is -0.0702. The predicted octanol–water partition coefficient (Wildman–Crippen LogP) is -0.880. The molecule has 2 aromatic rings. The smallest absolute Gasteiger partial charge is 0.607 e. The first-order valence-corrected chi connectivity index (χ1v) is 5.99. The topological polar surface area (TPSA) is 56.5 Å². The van der Waals surface area contributed by atoms with E-state index < -0.39 is 12.1 Å². The van der Waals surface area contributed by atoms with E-state index in [0.717, 1.165) is 0 Å². The summed E-state index contributed by atoms with van der Waals surface area (Å²) in [5.41, 5.74) is 0.932. The first kappa shape index (κ1) is 16.7. The van der Waals surface area contributed by atoms with Crippen LogP contribution in [0.5, 0.6) is 5.75 Å². The number of nitrogens with zero attached hydrogens (tertiary/aromatic N) is 1. The number of hydrogen-bond donors (Lipinski definition) is 0. The summed E-state index contributed by atoms with van der Waals surface area (Å²) >= 11 is 0. The van der Waals surface area contributed by atoms with Crippen molar-refractivity contribution >= 4 is 12.1 Å². The van der Waals surface area contributed by atoms with Gasteiger partial charge in [-0.1, -0.05) is 22.8 Å². The highest BCUT2D eigenvalue weighted by Gasteiger charge is 2.23. The molecule has 0 aliphatic rings. The molecule has 0 aliphatic carbocycles. The molecule has 0 radical (unpaired) electrons. The zero-order valence-electron chi connectivity index (χ0n) is 11.6. The maximum Gasteiger partial charge on any atom is 0.607 e. The molecule has 0 aliphatic heterocycles. The Morgan fingerprint density at radius 1 is 1.05 bits per heavy atom. The highest BCUT2D eigenvalue weighted by atomic mass is 35.5. The van der Waals surface area contributed by atoms with Gasteiger partial charge < -0.3 is 21.9 Å². The Morgan fingerprint density at radius 2 is 1.71 bits per heavy atom. The summed E-state index contributed by atoms with van der Waals surface area (Å²) in [6.07, 6.45) is 0.811. The lowest BCUT2D eigenvalue weighted by Crippen LogP contribution is -3.00. The number of carbonyl (C=O) groups excluding carboxylic acids is 2. The molecule has 0 spiro atoms. The van der Waals surface area contributed by atoms with E-state index in [2.05, 4.69) is 4.74 Å². The molecular formula is C15H14ClNO4. The van der Waals surface area contributed by atoms with Gasteiger partial charge in [0.1, 0.15) is 11.3 Å². The number of rotatable bonds is 2. The lowest BCUT2D eigenvalue weighted by atomic mass is 10.2. The van der Waals surface area contributed by atoms with Crippen LogP contribution in [0.4, 0.5) is 4.79 Å². The first-order valence-electron chi connectivity index (χ1n) is 5.99. The van der Waals surface area contributed by atoms with Crippen LogP contribution >= 0.6 is 0 Å². The van der Waals surface area contributed by atoms with Crippen molar-refractivity contribution < 1.29 is 36.0 Å². The molecule has 0 amide bonds. The molecule has 0 bridgehead atoms. The molecule has 5 nitrogen and oxygen atoms in total. The fourth-order valence-electron chi connectivity index (χ4n) is 1.65. The second-order valence-corrected chi connectivity index (χ2v) is 4.10. The van der Waals surface area contributed by atoms with Crippen LogP contribution in [-0.4, -0.2) is 19.2 Å². The van der Waals surface area contributed by atoms with Crippen LogP contribution < -0.4 is 21.7 Å². The van der Waals surface area contributed by atoms with Gasteiger partial charge in [-0.05, 0) is 18.2 Å². The van der Waals surface area contributed by atoms with Crippen molar-refractivity contribution in [1.29, 1.82) is 0 Å². The number of hydrogen-bond acceptors (Lipinski definition) is 4. The lowest BCUT2D eigenvalue weighted by Gasteiger charge is -2.02. The van der Waals surface area contributed by atoms with Crippen molar-refractivity contribution in [1.82, 2.24) is 0 Å². The summed E-state index contributed by atoms with van der Waals surface area (Å²) in [5, 5.41) is 0. The zero-order valence-corrected chi connectivity index (χ0v) is 12.3. The maximum absolute atomic E-state index is 12.1. The molecule has 0 saturated heterocycles. The fraction of sp³-hybridized carbons (Fsp3) is 0.133. The van der Waals surface area contributed by atoms with Crippen molar-refractivity contribution in [2.24, 2.45) is 0 Å². The Balaban J connectivity index is 0.00000220. The van der Waals surface area contributed by atoms with Crippen LogP contribution in [0.3, 0.4) is 0 Å². The highest BCUT2D eigenvalue weighted by Crippen LogP contribution is 2.08. The van der Waals surface area contributed by atoms with Crippen molar-refractivity contribution in [2.45, 2.75) is 6.92 Å². The Morgan fingerprint density at radius 3 is 2.33 bits per heavy atom. The molecule has 1 aromatic heterocycles. The third-order valence-electron chi connectivity index (χ3n) is 2.72. The number of carbonyl (C=O) groups is 2.